The molecule has 0 spiro atoms. The Balaban J connectivity index is 1.70. The van der Waals surface area contributed by atoms with Gasteiger partial charge in [0.2, 0.25) is 0 Å². The number of urea groups is 1. The molecule has 0 bridgehead atoms. The number of thiazole rings is 1. The van der Waals surface area contributed by atoms with E-state index in [1.807, 2.05) is 4.90 Å². The SMILES string of the molecule is CCOC(=O)CN(c1cnc(NC(=O)N(C2CCCCC2)C2CCCCC2)s1)S(=O)[O-]. The molecule has 0 aromatic carbocycles. The molecule has 11 heteroatoms. The first kappa shape index (κ1) is 23.9. The number of nitrogens with zero attached hydrogens (tertiary/aromatic N) is 3. The van der Waals surface area contributed by atoms with Crippen LogP contribution in [0, 0.1) is 0 Å². The highest BCUT2D eigenvalue weighted by molar-refractivity contribution is 7.81. The van der Waals surface area contributed by atoms with E-state index in [9.17, 15) is 18.4 Å². The second-order valence-electron chi connectivity index (χ2n) is 7.98. The van der Waals surface area contributed by atoms with Crippen LogP contribution >= 0.6 is 11.3 Å². The van der Waals surface area contributed by atoms with Gasteiger partial charge in [-0.2, -0.15) is 0 Å². The number of carbonyl (C=O) groups excluding carboxylic acids is 2. The van der Waals surface area contributed by atoms with Crippen LogP contribution < -0.4 is 9.62 Å². The Morgan fingerprint density at radius 2 is 1.74 bits per heavy atom. The normalized spacial score (nSPS) is 18.9. The highest BCUT2D eigenvalue weighted by atomic mass is 32.2. The van der Waals surface area contributed by atoms with E-state index in [2.05, 4.69) is 10.3 Å². The van der Waals surface area contributed by atoms with Gasteiger partial charge in [0.1, 0.15) is 11.5 Å². The monoisotopic (exact) mass is 471 g/mol. The molecule has 9 nitrogen and oxygen atoms in total. The maximum absolute atomic E-state index is 13.3. The third kappa shape index (κ3) is 6.63. The van der Waals surface area contributed by atoms with E-state index in [1.165, 1.54) is 19.0 Å². The van der Waals surface area contributed by atoms with Crippen molar-refractivity contribution in [1.29, 1.82) is 0 Å². The van der Waals surface area contributed by atoms with E-state index in [1.54, 1.807) is 6.92 Å². The van der Waals surface area contributed by atoms with Gasteiger partial charge in [-0.25, -0.2) is 9.78 Å². The van der Waals surface area contributed by atoms with Gasteiger partial charge in [-0.3, -0.25) is 18.6 Å². The number of hydrogen-bond acceptors (Lipinski definition) is 7. The molecule has 2 fully saturated rings. The molecule has 2 amide bonds. The fraction of sp³-hybridized carbons (Fsp3) is 0.750. The summed E-state index contributed by atoms with van der Waals surface area (Å²) in [5, 5.41) is 3.44. The van der Waals surface area contributed by atoms with Crippen molar-refractivity contribution in [2.24, 2.45) is 0 Å². The first-order chi connectivity index (χ1) is 15.0. The minimum atomic E-state index is -2.66. The fourth-order valence-electron chi connectivity index (χ4n) is 4.47. The second-order valence-corrected chi connectivity index (χ2v) is 9.87. The van der Waals surface area contributed by atoms with Crippen molar-refractivity contribution >= 4 is 44.7 Å². The molecule has 1 unspecified atom stereocenters. The summed E-state index contributed by atoms with van der Waals surface area (Å²) in [4.78, 5) is 31.2. The third-order valence-electron chi connectivity index (χ3n) is 5.88. The Bertz CT molecular complexity index is 745. The van der Waals surface area contributed by atoms with Crippen molar-refractivity contribution in [3.63, 3.8) is 0 Å². The lowest BCUT2D eigenvalue weighted by Crippen LogP contribution is -2.50. The number of rotatable bonds is 8. The van der Waals surface area contributed by atoms with Crippen LogP contribution in [0.4, 0.5) is 14.9 Å². The van der Waals surface area contributed by atoms with Crippen molar-refractivity contribution in [3.8, 4) is 0 Å². The number of anilines is 2. The van der Waals surface area contributed by atoms with E-state index < -0.39 is 23.8 Å². The van der Waals surface area contributed by atoms with Gasteiger partial charge in [-0.15, -0.1) is 0 Å². The summed E-state index contributed by atoms with van der Waals surface area (Å²) in [6.45, 7) is 1.39. The van der Waals surface area contributed by atoms with Crippen LogP contribution in [0.2, 0.25) is 0 Å². The Morgan fingerprint density at radius 1 is 1.16 bits per heavy atom. The molecule has 31 heavy (non-hydrogen) atoms. The predicted molar refractivity (Wildman–Crippen MR) is 120 cm³/mol. The topological polar surface area (TPSA) is 115 Å². The molecule has 1 aromatic rings. The maximum Gasteiger partial charge on any atom is 0.326 e. The molecule has 1 aromatic heterocycles. The summed E-state index contributed by atoms with van der Waals surface area (Å²) in [6, 6.07) is 0.316. The number of esters is 1. The van der Waals surface area contributed by atoms with Crippen molar-refractivity contribution in [2.45, 2.75) is 83.2 Å². The van der Waals surface area contributed by atoms with Gasteiger partial charge in [0.15, 0.2) is 5.13 Å². The molecule has 2 aliphatic carbocycles. The molecule has 0 saturated heterocycles. The van der Waals surface area contributed by atoms with Gasteiger partial charge in [-0.1, -0.05) is 49.9 Å². The summed E-state index contributed by atoms with van der Waals surface area (Å²) in [6.07, 6.45) is 12.4. The molecule has 174 valence electrons. The van der Waals surface area contributed by atoms with Crippen molar-refractivity contribution in [2.75, 3.05) is 22.8 Å². The Kier molecular flexibility index (Phi) is 9.09. The van der Waals surface area contributed by atoms with E-state index >= 15 is 0 Å². The average molecular weight is 472 g/mol. The van der Waals surface area contributed by atoms with Gasteiger partial charge >= 0.3 is 12.0 Å². The summed E-state index contributed by atoms with van der Waals surface area (Å²) in [5.41, 5.74) is 0. The second kappa shape index (κ2) is 11.8. The van der Waals surface area contributed by atoms with Crippen LogP contribution in [-0.4, -0.2) is 55.9 Å². The molecule has 0 radical (unpaired) electrons. The average Bonchev–Trinajstić information content (AvgIpc) is 3.21. The van der Waals surface area contributed by atoms with Gasteiger partial charge < -0.3 is 14.2 Å². The van der Waals surface area contributed by atoms with Crippen molar-refractivity contribution in [1.82, 2.24) is 9.88 Å². The standard InChI is InChI=1S/C20H32N4O5S2/c1-2-29-18(25)14-23(31(27)28)17-13-21-19(30-17)22-20(26)24(15-9-5-3-6-10-15)16-11-7-4-8-12-16/h13,15-16H,2-12,14H2,1H3,(H,27,28)(H,21,22,26)/p-1. The quantitative estimate of drug-likeness (QED) is 0.455. The first-order valence-electron chi connectivity index (χ1n) is 11.1. The lowest BCUT2D eigenvalue weighted by molar-refractivity contribution is -0.141. The lowest BCUT2D eigenvalue weighted by Gasteiger charge is -2.41. The van der Waals surface area contributed by atoms with Crippen LogP contribution in [0.1, 0.15) is 71.1 Å². The number of ether oxygens (including phenoxy) is 1. The number of aromatic nitrogens is 1. The number of carbonyl (C=O) groups is 2. The van der Waals surface area contributed by atoms with Crippen LogP contribution in [0.3, 0.4) is 0 Å². The van der Waals surface area contributed by atoms with Crippen molar-refractivity contribution in [3.05, 3.63) is 6.20 Å². The highest BCUT2D eigenvalue weighted by Crippen LogP contribution is 2.32. The van der Waals surface area contributed by atoms with Gasteiger partial charge in [0, 0.05) is 23.4 Å². The third-order valence-corrected chi connectivity index (χ3v) is 7.62. The van der Waals surface area contributed by atoms with E-state index in [0.29, 0.717) is 5.13 Å². The number of amides is 2. The molecule has 3 rings (SSSR count). The first-order valence-corrected chi connectivity index (χ1v) is 12.9. The van der Waals surface area contributed by atoms with E-state index in [4.69, 9.17) is 4.74 Å². The molecule has 1 N–H and O–H groups in total. The summed E-state index contributed by atoms with van der Waals surface area (Å²) >= 11 is -1.64. The largest absolute Gasteiger partial charge is 0.755 e. The van der Waals surface area contributed by atoms with Crippen LogP contribution in [0.5, 0.6) is 0 Å². The Hall–Kier alpha value is -1.72. The fourth-order valence-corrected chi connectivity index (χ4v) is 5.88. The molecule has 1 atom stereocenters. The minimum Gasteiger partial charge on any atom is -0.755 e. The van der Waals surface area contributed by atoms with E-state index in [0.717, 1.165) is 67.0 Å². The summed E-state index contributed by atoms with van der Waals surface area (Å²) < 4.78 is 28.9. The predicted octanol–water partition coefficient (Wildman–Crippen LogP) is 3.81. The highest BCUT2D eigenvalue weighted by Gasteiger charge is 2.33. The summed E-state index contributed by atoms with van der Waals surface area (Å²) in [5.74, 6) is -0.647. The van der Waals surface area contributed by atoms with Gasteiger partial charge in [-0.05, 0) is 32.6 Å². The lowest BCUT2D eigenvalue weighted by atomic mass is 9.89. The maximum atomic E-state index is 13.3. The zero-order valence-electron chi connectivity index (χ0n) is 17.9. The smallest absolute Gasteiger partial charge is 0.326 e. The molecule has 2 aliphatic rings. The molecular weight excluding hydrogens is 440 g/mol. The number of nitrogens with one attached hydrogen (secondary N) is 1. The van der Waals surface area contributed by atoms with E-state index in [-0.39, 0.29) is 29.7 Å². The Labute approximate surface area is 190 Å². The summed E-state index contributed by atoms with van der Waals surface area (Å²) in [7, 11) is 0. The van der Waals surface area contributed by atoms with Gasteiger partial charge in [0.05, 0.1) is 12.8 Å². The zero-order chi connectivity index (χ0) is 22.2. The molecule has 2 saturated carbocycles. The van der Waals surface area contributed by atoms with Gasteiger partial charge in [0.25, 0.3) is 0 Å². The molecule has 0 aliphatic heterocycles. The Morgan fingerprint density at radius 3 is 2.26 bits per heavy atom. The molecule has 1 heterocycles. The molecular formula is C20H31N4O5S2-. The van der Waals surface area contributed by atoms with Crippen LogP contribution in [0.15, 0.2) is 6.20 Å². The minimum absolute atomic E-state index is 0.167. The van der Waals surface area contributed by atoms with Crippen LogP contribution in [-0.2, 0) is 20.8 Å². The zero-order valence-corrected chi connectivity index (χ0v) is 19.5. The van der Waals surface area contributed by atoms with Crippen LogP contribution in [0.25, 0.3) is 0 Å². The van der Waals surface area contributed by atoms with Crippen molar-refractivity contribution < 1.29 is 23.1 Å². The number of hydrogen-bond donors (Lipinski definition) is 1.